The molecule has 0 saturated heterocycles. The molecule has 0 fully saturated rings. The van der Waals surface area contributed by atoms with Crippen LogP contribution in [0.15, 0.2) is 22.6 Å². The highest BCUT2D eigenvalue weighted by molar-refractivity contribution is 4.85. The average Bonchev–Trinajstić information content (AvgIpc) is 2.15. The van der Waals surface area contributed by atoms with Crippen molar-refractivity contribution in [2.24, 2.45) is 10.3 Å². The molecule has 0 heterocycles. The van der Waals surface area contributed by atoms with Crippen LogP contribution in [-0.4, -0.2) is 32.3 Å². The van der Waals surface area contributed by atoms with Crippen molar-refractivity contribution in [3.63, 3.8) is 0 Å². The summed E-state index contributed by atoms with van der Waals surface area (Å²) in [5.41, 5.74) is 0.868. The minimum Gasteiger partial charge on any atom is -0.383 e. The van der Waals surface area contributed by atoms with Crippen LogP contribution < -0.4 is 0 Å². The molecule has 0 spiro atoms. The molecular weight excluding hydrogens is 166 g/mol. The van der Waals surface area contributed by atoms with E-state index >= 15 is 0 Å². The Morgan fingerprint density at radius 2 is 2.00 bits per heavy atom. The molecule has 0 aliphatic carbocycles. The Kier molecular flexibility index (Phi) is 12.5. The molecule has 13 heavy (non-hydrogen) atoms. The van der Waals surface area contributed by atoms with E-state index in [-0.39, 0.29) is 0 Å². The lowest BCUT2D eigenvalue weighted by Gasteiger charge is -2.15. The molecule has 78 valence electrons. The van der Waals surface area contributed by atoms with Gasteiger partial charge >= 0.3 is 0 Å². The SMILES string of the molecule is C=C(C)N(CCOC)N=NC.CC. The van der Waals surface area contributed by atoms with Crippen LogP contribution in [0.25, 0.3) is 0 Å². The zero-order chi connectivity index (χ0) is 10.7. The Balaban J connectivity index is 0. The molecule has 0 aliphatic heterocycles. The van der Waals surface area contributed by atoms with E-state index < -0.39 is 0 Å². The highest BCUT2D eigenvalue weighted by Gasteiger charge is 1.99. The first kappa shape index (κ1) is 14.6. The summed E-state index contributed by atoms with van der Waals surface area (Å²) >= 11 is 0. The minimum absolute atomic E-state index is 0.631. The smallest absolute Gasteiger partial charge is 0.0663 e. The maximum absolute atomic E-state index is 4.88. The molecule has 4 heteroatoms. The molecule has 0 radical (unpaired) electrons. The lowest BCUT2D eigenvalue weighted by Crippen LogP contribution is -2.18. The van der Waals surface area contributed by atoms with Gasteiger partial charge in [-0.05, 0) is 6.92 Å². The Labute approximate surface area is 81.3 Å². The second kappa shape index (κ2) is 11.1. The number of allylic oxidation sites excluding steroid dienone is 1. The number of hydrogen-bond acceptors (Lipinski definition) is 3. The van der Waals surface area contributed by atoms with Crippen LogP contribution in [0.5, 0.6) is 0 Å². The lowest BCUT2D eigenvalue weighted by molar-refractivity contribution is 0.162. The maximum atomic E-state index is 4.88. The van der Waals surface area contributed by atoms with Crippen molar-refractivity contribution in [3.8, 4) is 0 Å². The van der Waals surface area contributed by atoms with Gasteiger partial charge in [-0.15, -0.1) is 0 Å². The van der Waals surface area contributed by atoms with Crippen molar-refractivity contribution in [1.82, 2.24) is 5.01 Å². The molecular formula is C9H21N3O. The van der Waals surface area contributed by atoms with Gasteiger partial charge in [0.25, 0.3) is 0 Å². The average molecular weight is 187 g/mol. The second-order valence-electron chi connectivity index (χ2n) is 2.14. The zero-order valence-electron chi connectivity index (χ0n) is 9.37. The van der Waals surface area contributed by atoms with E-state index in [1.807, 2.05) is 20.8 Å². The highest BCUT2D eigenvalue weighted by Crippen LogP contribution is 2.00. The van der Waals surface area contributed by atoms with Gasteiger partial charge in [0, 0.05) is 12.8 Å². The molecule has 0 unspecified atom stereocenters. The number of methoxy groups -OCH3 is 1. The Morgan fingerprint density at radius 1 is 1.46 bits per heavy atom. The summed E-state index contributed by atoms with van der Waals surface area (Å²) < 4.78 is 4.88. The molecule has 0 aromatic carbocycles. The van der Waals surface area contributed by atoms with Crippen molar-refractivity contribution in [3.05, 3.63) is 12.3 Å². The fourth-order valence-corrected chi connectivity index (χ4v) is 0.598. The maximum Gasteiger partial charge on any atom is 0.0663 e. The van der Waals surface area contributed by atoms with Gasteiger partial charge in [0.05, 0.1) is 20.2 Å². The Morgan fingerprint density at radius 3 is 2.31 bits per heavy atom. The van der Waals surface area contributed by atoms with Gasteiger partial charge in [-0.3, -0.25) is 0 Å². The Bertz CT molecular complexity index is 146. The van der Waals surface area contributed by atoms with Crippen LogP contribution in [-0.2, 0) is 4.74 Å². The number of hydrogen-bond donors (Lipinski definition) is 0. The third kappa shape index (κ3) is 9.01. The molecule has 0 aromatic rings. The first-order valence-electron chi connectivity index (χ1n) is 4.44. The van der Waals surface area contributed by atoms with Gasteiger partial charge in [0.15, 0.2) is 0 Å². The molecule has 0 N–H and O–H groups in total. The van der Waals surface area contributed by atoms with E-state index in [0.717, 1.165) is 5.70 Å². The summed E-state index contributed by atoms with van der Waals surface area (Å²) in [7, 11) is 3.28. The van der Waals surface area contributed by atoms with Gasteiger partial charge < -0.3 is 4.74 Å². The predicted octanol–water partition coefficient (Wildman–Crippen LogP) is 2.49. The topological polar surface area (TPSA) is 37.2 Å². The number of nitrogens with zero attached hydrogens (tertiary/aromatic N) is 3. The van der Waals surface area contributed by atoms with Gasteiger partial charge in [-0.25, -0.2) is 5.01 Å². The standard InChI is InChI=1S/C7H15N3O.C2H6/c1-7(2)10(9-8-3)5-6-11-4;1-2/h1,5-6H2,2-4H3;1-2H3. The van der Waals surface area contributed by atoms with E-state index in [1.54, 1.807) is 19.2 Å². The number of ether oxygens (including phenoxy) is 1. The van der Waals surface area contributed by atoms with E-state index in [1.165, 1.54) is 0 Å². The summed E-state index contributed by atoms with van der Waals surface area (Å²) in [5, 5.41) is 9.18. The van der Waals surface area contributed by atoms with Crippen molar-refractivity contribution in [1.29, 1.82) is 0 Å². The fraction of sp³-hybridized carbons (Fsp3) is 0.778. The lowest BCUT2D eigenvalue weighted by atomic mass is 10.5. The van der Waals surface area contributed by atoms with Crippen LogP contribution in [0.3, 0.4) is 0 Å². The summed E-state index contributed by atoms with van der Waals surface area (Å²) in [4.78, 5) is 0. The van der Waals surface area contributed by atoms with Crippen LogP contribution in [0.1, 0.15) is 20.8 Å². The quantitative estimate of drug-likeness (QED) is 0.490. The highest BCUT2D eigenvalue weighted by atomic mass is 16.5. The fourth-order valence-electron chi connectivity index (χ4n) is 0.598. The normalized spacial score (nSPS) is 9.31. The Hall–Kier alpha value is -0.900. The molecule has 0 atom stereocenters. The van der Waals surface area contributed by atoms with Gasteiger partial charge in [0.1, 0.15) is 0 Å². The largest absolute Gasteiger partial charge is 0.383 e. The molecule has 4 nitrogen and oxygen atoms in total. The van der Waals surface area contributed by atoms with Crippen molar-refractivity contribution < 1.29 is 4.74 Å². The van der Waals surface area contributed by atoms with Gasteiger partial charge in [0.2, 0.25) is 0 Å². The first-order chi connectivity index (χ1) is 6.22. The predicted molar refractivity (Wildman–Crippen MR) is 55.5 cm³/mol. The third-order valence-electron chi connectivity index (χ3n) is 1.15. The summed E-state index contributed by atoms with van der Waals surface area (Å²) in [6.45, 7) is 11.0. The van der Waals surface area contributed by atoms with Crippen molar-refractivity contribution in [2.75, 3.05) is 27.3 Å². The molecule has 0 saturated carbocycles. The summed E-state index contributed by atoms with van der Waals surface area (Å²) in [6.07, 6.45) is 0. The van der Waals surface area contributed by atoms with E-state index in [2.05, 4.69) is 16.9 Å². The molecule has 0 bridgehead atoms. The minimum atomic E-state index is 0.631. The third-order valence-corrected chi connectivity index (χ3v) is 1.15. The molecule has 0 aliphatic rings. The van der Waals surface area contributed by atoms with Crippen LogP contribution in [0.2, 0.25) is 0 Å². The van der Waals surface area contributed by atoms with Gasteiger partial charge in [-0.2, -0.15) is 5.11 Å². The van der Waals surface area contributed by atoms with E-state index in [9.17, 15) is 0 Å². The van der Waals surface area contributed by atoms with Crippen LogP contribution >= 0.6 is 0 Å². The van der Waals surface area contributed by atoms with Crippen molar-refractivity contribution in [2.45, 2.75) is 20.8 Å². The molecule has 0 rings (SSSR count). The van der Waals surface area contributed by atoms with Crippen molar-refractivity contribution >= 4 is 0 Å². The van der Waals surface area contributed by atoms with Crippen LogP contribution in [0.4, 0.5) is 0 Å². The van der Waals surface area contributed by atoms with E-state index in [0.29, 0.717) is 13.2 Å². The monoisotopic (exact) mass is 187 g/mol. The molecule has 0 aromatic heterocycles. The van der Waals surface area contributed by atoms with Gasteiger partial charge in [-0.1, -0.05) is 25.6 Å². The summed E-state index contributed by atoms with van der Waals surface area (Å²) in [6, 6.07) is 0. The van der Waals surface area contributed by atoms with E-state index in [4.69, 9.17) is 4.74 Å². The number of rotatable bonds is 5. The first-order valence-corrected chi connectivity index (χ1v) is 4.44. The zero-order valence-corrected chi connectivity index (χ0v) is 9.37. The van der Waals surface area contributed by atoms with Crippen LogP contribution in [0, 0.1) is 0 Å². The summed E-state index contributed by atoms with van der Waals surface area (Å²) in [5.74, 6) is 0. The second-order valence-corrected chi connectivity index (χ2v) is 2.14. The molecule has 0 amide bonds.